The molecule has 0 spiro atoms. The zero-order valence-electron chi connectivity index (χ0n) is 12.8. The van der Waals surface area contributed by atoms with Crippen molar-refractivity contribution in [3.63, 3.8) is 0 Å². The minimum atomic E-state index is -0.636. The molecule has 1 saturated heterocycles. The van der Waals surface area contributed by atoms with E-state index < -0.39 is 6.04 Å². The normalized spacial score (nSPS) is 17.3. The van der Waals surface area contributed by atoms with Gasteiger partial charge in [0.25, 0.3) is 5.91 Å². The van der Waals surface area contributed by atoms with E-state index in [1.54, 1.807) is 49.6 Å². The Labute approximate surface area is 149 Å². The Morgan fingerprint density at radius 2 is 1.71 bits per heavy atom. The summed E-state index contributed by atoms with van der Waals surface area (Å²) < 4.78 is 5.09. The molecule has 3 rings (SSSR count). The van der Waals surface area contributed by atoms with E-state index in [2.05, 4.69) is 5.32 Å². The first-order chi connectivity index (χ1) is 11.5. The van der Waals surface area contributed by atoms with Gasteiger partial charge in [-0.2, -0.15) is 0 Å². The molecular formula is C17H14Cl2N2O3. The van der Waals surface area contributed by atoms with Crippen molar-refractivity contribution in [3.05, 3.63) is 52.5 Å². The molecule has 0 aliphatic carbocycles. The van der Waals surface area contributed by atoms with Crippen LogP contribution in [0.5, 0.6) is 5.75 Å². The average molecular weight is 365 g/mol. The highest BCUT2D eigenvalue weighted by Crippen LogP contribution is 2.30. The summed E-state index contributed by atoms with van der Waals surface area (Å²) in [5, 5.41) is 3.80. The number of carbonyl (C=O) groups is 2. The van der Waals surface area contributed by atoms with Crippen LogP contribution in [0, 0.1) is 0 Å². The predicted octanol–water partition coefficient (Wildman–Crippen LogP) is 3.75. The fourth-order valence-electron chi connectivity index (χ4n) is 2.57. The van der Waals surface area contributed by atoms with E-state index >= 15 is 0 Å². The number of hydrogen-bond acceptors (Lipinski definition) is 4. The van der Waals surface area contributed by atoms with Crippen LogP contribution in [0.25, 0.3) is 0 Å². The van der Waals surface area contributed by atoms with Crippen LogP contribution >= 0.6 is 23.2 Å². The van der Waals surface area contributed by atoms with Crippen LogP contribution in [0.1, 0.15) is 6.42 Å². The van der Waals surface area contributed by atoms with Crippen molar-refractivity contribution in [2.24, 2.45) is 0 Å². The van der Waals surface area contributed by atoms with Crippen molar-refractivity contribution in [1.29, 1.82) is 0 Å². The number of methoxy groups -OCH3 is 1. The summed E-state index contributed by atoms with van der Waals surface area (Å²) in [6.45, 7) is 0. The van der Waals surface area contributed by atoms with E-state index in [1.165, 1.54) is 0 Å². The van der Waals surface area contributed by atoms with E-state index in [0.717, 1.165) is 10.6 Å². The number of imide groups is 1. The molecular weight excluding hydrogens is 351 g/mol. The molecule has 1 N–H and O–H groups in total. The van der Waals surface area contributed by atoms with Gasteiger partial charge >= 0.3 is 0 Å². The second kappa shape index (κ2) is 6.71. The summed E-state index contributed by atoms with van der Waals surface area (Å²) >= 11 is 11.9. The number of carbonyl (C=O) groups excluding carboxylic acids is 2. The van der Waals surface area contributed by atoms with Gasteiger partial charge in [-0.25, -0.2) is 4.90 Å². The summed E-state index contributed by atoms with van der Waals surface area (Å²) in [7, 11) is 1.58. The molecule has 1 atom stereocenters. The van der Waals surface area contributed by atoms with Gasteiger partial charge in [0.05, 0.1) is 19.2 Å². The molecule has 1 aliphatic heterocycles. The van der Waals surface area contributed by atoms with E-state index in [0.29, 0.717) is 21.5 Å². The van der Waals surface area contributed by atoms with E-state index in [1.807, 2.05) is 0 Å². The zero-order chi connectivity index (χ0) is 17.3. The van der Waals surface area contributed by atoms with Crippen LogP contribution in [0.4, 0.5) is 11.4 Å². The maximum Gasteiger partial charge on any atom is 0.256 e. The standard InChI is InChI=1S/C17H14Cl2N2O3/c1-24-14-4-2-12(3-5-14)20-15-9-16(22)21(17(15)23)13-7-10(18)6-11(19)8-13/h2-8,15,20H,9H2,1H3/t15-/m0/s1. The molecule has 0 radical (unpaired) electrons. The van der Waals surface area contributed by atoms with Crippen molar-refractivity contribution < 1.29 is 14.3 Å². The monoisotopic (exact) mass is 364 g/mol. The number of benzene rings is 2. The van der Waals surface area contributed by atoms with Crippen LogP contribution in [0.2, 0.25) is 10.0 Å². The molecule has 1 heterocycles. The maximum absolute atomic E-state index is 12.6. The third-order valence-corrected chi connectivity index (χ3v) is 4.12. The van der Waals surface area contributed by atoms with Gasteiger partial charge in [0.15, 0.2) is 0 Å². The quantitative estimate of drug-likeness (QED) is 0.839. The molecule has 7 heteroatoms. The number of ether oxygens (including phenoxy) is 1. The minimum absolute atomic E-state index is 0.0645. The third kappa shape index (κ3) is 3.32. The van der Waals surface area contributed by atoms with Gasteiger partial charge in [-0.1, -0.05) is 23.2 Å². The SMILES string of the molecule is COc1ccc(N[C@H]2CC(=O)N(c3cc(Cl)cc(Cl)c3)C2=O)cc1. The summed E-state index contributed by atoms with van der Waals surface area (Å²) in [5.74, 6) is 0.0723. The Morgan fingerprint density at radius 3 is 2.29 bits per heavy atom. The molecule has 0 bridgehead atoms. The molecule has 2 amide bonds. The second-order valence-electron chi connectivity index (χ2n) is 5.32. The van der Waals surface area contributed by atoms with Gasteiger partial charge in [-0.3, -0.25) is 9.59 Å². The second-order valence-corrected chi connectivity index (χ2v) is 6.20. The first-order valence-electron chi connectivity index (χ1n) is 7.21. The van der Waals surface area contributed by atoms with E-state index in [-0.39, 0.29) is 18.2 Å². The average Bonchev–Trinajstić information content (AvgIpc) is 2.81. The lowest BCUT2D eigenvalue weighted by molar-refractivity contribution is -0.121. The van der Waals surface area contributed by atoms with Crippen LogP contribution in [-0.2, 0) is 9.59 Å². The zero-order valence-corrected chi connectivity index (χ0v) is 14.3. The Kier molecular flexibility index (Phi) is 4.64. The molecule has 5 nitrogen and oxygen atoms in total. The van der Waals surface area contributed by atoms with Crippen LogP contribution in [0.3, 0.4) is 0 Å². The van der Waals surface area contributed by atoms with E-state index in [4.69, 9.17) is 27.9 Å². The lowest BCUT2D eigenvalue weighted by Gasteiger charge is -2.17. The highest BCUT2D eigenvalue weighted by atomic mass is 35.5. The Morgan fingerprint density at radius 1 is 1.08 bits per heavy atom. The fourth-order valence-corrected chi connectivity index (χ4v) is 3.09. The minimum Gasteiger partial charge on any atom is -0.497 e. The number of anilines is 2. The van der Waals surface area contributed by atoms with Gasteiger partial charge in [-0.05, 0) is 42.5 Å². The molecule has 2 aromatic carbocycles. The summed E-state index contributed by atoms with van der Waals surface area (Å²) in [6, 6.07) is 11.1. The van der Waals surface area contributed by atoms with Gasteiger partial charge in [0.1, 0.15) is 11.8 Å². The number of halogens is 2. The lowest BCUT2D eigenvalue weighted by Crippen LogP contribution is -2.34. The molecule has 2 aromatic rings. The fraction of sp³-hybridized carbons (Fsp3) is 0.176. The van der Waals surface area contributed by atoms with Crippen LogP contribution in [-0.4, -0.2) is 25.0 Å². The molecule has 24 heavy (non-hydrogen) atoms. The molecule has 124 valence electrons. The van der Waals surface area contributed by atoms with E-state index in [9.17, 15) is 9.59 Å². The topological polar surface area (TPSA) is 58.6 Å². The van der Waals surface area contributed by atoms with Gasteiger partial charge in [-0.15, -0.1) is 0 Å². The van der Waals surface area contributed by atoms with Gasteiger partial charge < -0.3 is 10.1 Å². The summed E-state index contributed by atoms with van der Waals surface area (Å²) in [4.78, 5) is 26.0. The Hall–Kier alpha value is -2.24. The first-order valence-corrected chi connectivity index (χ1v) is 7.97. The number of nitrogens with zero attached hydrogens (tertiary/aromatic N) is 1. The van der Waals surface area contributed by atoms with Crippen LogP contribution in [0.15, 0.2) is 42.5 Å². The number of hydrogen-bond donors (Lipinski definition) is 1. The Balaban J connectivity index is 1.80. The van der Waals surface area contributed by atoms with Crippen molar-refractivity contribution in [2.45, 2.75) is 12.5 Å². The molecule has 1 fully saturated rings. The largest absolute Gasteiger partial charge is 0.497 e. The van der Waals surface area contributed by atoms with Crippen molar-refractivity contribution in [1.82, 2.24) is 0 Å². The molecule has 0 aromatic heterocycles. The number of amides is 2. The van der Waals surface area contributed by atoms with Gasteiger partial charge in [0, 0.05) is 15.7 Å². The first kappa shape index (κ1) is 16.6. The third-order valence-electron chi connectivity index (χ3n) is 3.68. The Bertz CT molecular complexity index is 773. The lowest BCUT2D eigenvalue weighted by atomic mass is 10.2. The van der Waals surface area contributed by atoms with Crippen molar-refractivity contribution in [2.75, 3.05) is 17.3 Å². The molecule has 0 saturated carbocycles. The highest BCUT2D eigenvalue weighted by Gasteiger charge is 2.39. The maximum atomic E-state index is 12.6. The van der Waals surface area contributed by atoms with Crippen molar-refractivity contribution in [3.8, 4) is 5.75 Å². The predicted molar refractivity (Wildman–Crippen MR) is 94.0 cm³/mol. The number of nitrogens with one attached hydrogen (secondary N) is 1. The smallest absolute Gasteiger partial charge is 0.256 e. The van der Waals surface area contributed by atoms with Gasteiger partial charge in [0.2, 0.25) is 5.91 Å². The highest BCUT2D eigenvalue weighted by molar-refractivity contribution is 6.35. The summed E-state index contributed by atoms with van der Waals surface area (Å²) in [6.07, 6.45) is 0.0645. The molecule has 0 unspecified atom stereocenters. The number of rotatable bonds is 4. The molecule has 1 aliphatic rings. The van der Waals surface area contributed by atoms with Crippen LogP contribution < -0.4 is 15.0 Å². The van der Waals surface area contributed by atoms with Crippen molar-refractivity contribution >= 4 is 46.4 Å². The summed E-state index contributed by atoms with van der Waals surface area (Å²) in [5.41, 5.74) is 1.11.